The van der Waals surface area contributed by atoms with Crippen LogP contribution in [-0.2, 0) is 0 Å². The molecule has 0 aromatic rings. The van der Waals surface area contributed by atoms with Crippen LogP contribution in [0, 0.1) is 5.92 Å². The Morgan fingerprint density at radius 1 is 1.67 bits per heavy atom. The first-order valence-electron chi connectivity index (χ1n) is 3.51. The molecule has 0 aliphatic heterocycles. The van der Waals surface area contributed by atoms with Gasteiger partial charge < -0.3 is 0 Å². The highest BCUT2D eigenvalue weighted by Gasteiger charge is 2.17. The molecule has 0 radical (unpaired) electrons. The van der Waals surface area contributed by atoms with Crippen LogP contribution in [0.25, 0.3) is 0 Å². The summed E-state index contributed by atoms with van der Waals surface area (Å²) in [5.74, 6) is 0.244. The maximum atomic E-state index is 12.8. The van der Waals surface area contributed by atoms with Crippen molar-refractivity contribution in [3.8, 4) is 0 Å². The molecule has 2 unspecified atom stereocenters. The highest BCUT2D eigenvalue weighted by molar-refractivity contribution is 5.07. The molecule has 0 nitrogen and oxygen atoms in total. The fraction of sp³-hybridized carbons (Fsp3) is 0.750. The summed E-state index contributed by atoms with van der Waals surface area (Å²) < 4.78 is 12.8. The van der Waals surface area contributed by atoms with E-state index in [0.717, 1.165) is 12.8 Å². The largest absolute Gasteiger partial charge is 0.243 e. The van der Waals surface area contributed by atoms with Crippen molar-refractivity contribution in [1.82, 2.24) is 0 Å². The van der Waals surface area contributed by atoms with E-state index in [1.807, 2.05) is 13.8 Å². The summed E-state index contributed by atoms with van der Waals surface area (Å²) in [6, 6.07) is 0. The standard InChI is InChI=1S/C8H13F/c1-6-3-4-7(2)8(9)5-6/h5,7-8H,3-4H2,1-2H3. The van der Waals surface area contributed by atoms with E-state index in [0.29, 0.717) is 0 Å². The van der Waals surface area contributed by atoms with Gasteiger partial charge >= 0.3 is 0 Å². The molecule has 0 spiro atoms. The third kappa shape index (κ3) is 1.54. The van der Waals surface area contributed by atoms with Gasteiger partial charge in [-0.05, 0) is 25.7 Å². The van der Waals surface area contributed by atoms with Crippen molar-refractivity contribution < 1.29 is 4.39 Å². The lowest BCUT2D eigenvalue weighted by molar-refractivity contribution is 0.271. The molecule has 0 saturated carbocycles. The van der Waals surface area contributed by atoms with Gasteiger partial charge in [0.05, 0.1) is 0 Å². The van der Waals surface area contributed by atoms with Crippen LogP contribution in [0.15, 0.2) is 11.6 Å². The van der Waals surface area contributed by atoms with Gasteiger partial charge in [0.15, 0.2) is 0 Å². The molecule has 9 heavy (non-hydrogen) atoms. The number of hydrogen-bond acceptors (Lipinski definition) is 0. The van der Waals surface area contributed by atoms with Crippen LogP contribution in [0.1, 0.15) is 26.7 Å². The predicted octanol–water partition coefficient (Wildman–Crippen LogP) is 2.70. The molecule has 52 valence electrons. The zero-order valence-corrected chi connectivity index (χ0v) is 6.02. The van der Waals surface area contributed by atoms with Gasteiger partial charge in [-0.3, -0.25) is 0 Å². The molecule has 0 aromatic carbocycles. The molecular weight excluding hydrogens is 115 g/mol. The van der Waals surface area contributed by atoms with Crippen molar-refractivity contribution in [2.75, 3.05) is 0 Å². The molecule has 2 atom stereocenters. The number of hydrogen-bond donors (Lipinski definition) is 0. The van der Waals surface area contributed by atoms with Crippen LogP contribution in [-0.4, -0.2) is 6.17 Å². The first kappa shape index (κ1) is 6.79. The monoisotopic (exact) mass is 128 g/mol. The maximum Gasteiger partial charge on any atom is 0.121 e. The van der Waals surface area contributed by atoms with Gasteiger partial charge in [0.1, 0.15) is 6.17 Å². The molecular formula is C8H13F. The summed E-state index contributed by atoms with van der Waals surface area (Å²) in [6.07, 6.45) is 3.16. The van der Waals surface area contributed by atoms with Crippen molar-refractivity contribution in [2.45, 2.75) is 32.9 Å². The van der Waals surface area contributed by atoms with Crippen molar-refractivity contribution in [3.05, 3.63) is 11.6 Å². The van der Waals surface area contributed by atoms with Gasteiger partial charge in [-0.25, -0.2) is 4.39 Å². The Bertz CT molecular complexity index is 127. The molecule has 1 aliphatic rings. The summed E-state index contributed by atoms with van der Waals surface area (Å²) in [5.41, 5.74) is 1.21. The highest BCUT2D eigenvalue weighted by Crippen LogP contribution is 2.24. The SMILES string of the molecule is CC1=CC(F)C(C)CC1. The molecule has 0 fully saturated rings. The van der Waals surface area contributed by atoms with Crippen LogP contribution in [0.2, 0.25) is 0 Å². The second-order valence-electron chi connectivity index (χ2n) is 2.97. The van der Waals surface area contributed by atoms with Gasteiger partial charge in [-0.15, -0.1) is 0 Å². The fourth-order valence-corrected chi connectivity index (χ4v) is 1.13. The lowest BCUT2D eigenvalue weighted by Crippen LogP contribution is -2.14. The second kappa shape index (κ2) is 2.51. The minimum absolute atomic E-state index is 0.244. The summed E-state index contributed by atoms with van der Waals surface area (Å²) >= 11 is 0. The van der Waals surface area contributed by atoms with Crippen molar-refractivity contribution in [3.63, 3.8) is 0 Å². The van der Waals surface area contributed by atoms with E-state index in [9.17, 15) is 4.39 Å². The molecule has 1 rings (SSSR count). The second-order valence-corrected chi connectivity index (χ2v) is 2.97. The van der Waals surface area contributed by atoms with Gasteiger partial charge in [0.2, 0.25) is 0 Å². The van der Waals surface area contributed by atoms with E-state index in [-0.39, 0.29) is 5.92 Å². The van der Waals surface area contributed by atoms with E-state index in [1.54, 1.807) is 6.08 Å². The lowest BCUT2D eigenvalue weighted by Gasteiger charge is -2.19. The van der Waals surface area contributed by atoms with E-state index in [1.165, 1.54) is 5.57 Å². The third-order valence-electron chi connectivity index (χ3n) is 1.98. The molecule has 0 heterocycles. The predicted molar refractivity (Wildman–Crippen MR) is 37.1 cm³/mol. The summed E-state index contributed by atoms with van der Waals surface area (Å²) in [5, 5.41) is 0. The fourth-order valence-electron chi connectivity index (χ4n) is 1.13. The van der Waals surface area contributed by atoms with E-state index in [2.05, 4.69) is 0 Å². The Kier molecular flexibility index (Phi) is 1.89. The number of alkyl halides is 1. The average molecular weight is 128 g/mol. The average Bonchev–Trinajstić information content (AvgIpc) is 1.80. The first-order chi connectivity index (χ1) is 4.20. The quantitative estimate of drug-likeness (QED) is 0.440. The zero-order valence-electron chi connectivity index (χ0n) is 6.02. The van der Waals surface area contributed by atoms with Gasteiger partial charge in [0.25, 0.3) is 0 Å². The Balaban J connectivity index is 2.58. The highest BCUT2D eigenvalue weighted by atomic mass is 19.1. The minimum Gasteiger partial charge on any atom is -0.243 e. The van der Waals surface area contributed by atoms with Crippen LogP contribution in [0.5, 0.6) is 0 Å². The van der Waals surface area contributed by atoms with Crippen LogP contribution in [0.4, 0.5) is 4.39 Å². The third-order valence-corrected chi connectivity index (χ3v) is 1.98. The van der Waals surface area contributed by atoms with E-state index < -0.39 is 6.17 Å². The minimum atomic E-state index is -0.682. The molecule has 0 amide bonds. The van der Waals surface area contributed by atoms with E-state index in [4.69, 9.17) is 0 Å². The molecule has 0 N–H and O–H groups in total. The number of rotatable bonds is 0. The van der Waals surface area contributed by atoms with Crippen molar-refractivity contribution >= 4 is 0 Å². The molecule has 1 aliphatic carbocycles. The normalized spacial score (nSPS) is 36.1. The summed E-state index contributed by atoms with van der Waals surface area (Å²) in [7, 11) is 0. The summed E-state index contributed by atoms with van der Waals surface area (Å²) in [4.78, 5) is 0. The van der Waals surface area contributed by atoms with Crippen LogP contribution in [0.3, 0.4) is 0 Å². The lowest BCUT2D eigenvalue weighted by atomic mass is 9.90. The van der Waals surface area contributed by atoms with Crippen molar-refractivity contribution in [2.24, 2.45) is 5.92 Å². The molecule has 0 bridgehead atoms. The number of allylic oxidation sites excluding steroid dienone is 2. The van der Waals surface area contributed by atoms with Gasteiger partial charge in [-0.1, -0.05) is 18.6 Å². The maximum absolute atomic E-state index is 12.8. The zero-order chi connectivity index (χ0) is 6.85. The topological polar surface area (TPSA) is 0 Å². The Morgan fingerprint density at radius 3 is 2.78 bits per heavy atom. The van der Waals surface area contributed by atoms with Crippen molar-refractivity contribution in [1.29, 1.82) is 0 Å². The smallest absolute Gasteiger partial charge is 0.121 e. The van der Waals surface area contributed by atoms with Crippen LogP contribution < -0.4 is 0 Å². The number of halogens is 1. The van der Waals surface area contributed by atoms with Gasteiger partial charge in [-0.2, -0.15) is 0 Å². The molecule has 1 heteroatoms. The van der Waals surface area contributed by atoms with Crippen LogP contribution >= 0.6 is 0 Å². The molecule has 0 aromatic heterocycles. The first-order valence-corrected chi connectivity index (χ1v) is 3.51. The Hall–Kier alpha value is -0.330. The van der Waals surface area contributed by atoms with E-state index >= 15 is 0 Å². The molecule has 0 saturated heterocycles. The Labute approximate surface area is 55.8 Å². The Morgan fingerprint density at radius 2 is 2.33 bits per heavy atom. The summed E-state index contributed by atoms with van der Waals surface area (Å²) in [6.45, 7) is 3.96. The van der Waals surface area contributed by atoms with Gasteiger partial charge in [0, 0.05) is 0 Å².